The minimum Gasteiger partial charge on any atom is -0.487 e. The molecule has 1 fully saturated rings. The first-order chi connectivity index (χ1) is 15.3. The van der Waals surface area contributed by atoms with Gasteiger partial charge in [0.1, 0.15) is 17.9 Å². The number of rotatable bonds is 4. The SMILES string of the molecule is CN1C(=O)C(=Cc2cc(I)c(OCc3cccc4ccccc34)c(I)c2)C(=O)N(C)C1=S. The zero-order valence-electron chi connectivity index (χ0n) is 17.3. The fraction of sp³-hybridized carbons (Fsp3) is 0.125. The van der Waals surface area contributed by atoms with Gasteiger partial charge in [0, 0.05) is 14.1 Å². The Labute approximate surface area is 218 Å². The largest absolute Gasteiger partial charge is 0.487 e. The van der Waals surface area contributed by atoms with Crippen molar-refractivity contribution in [1.29, 1.82) is 0 Å². The Bertz CT molecular complexity index is 1250. The molecule has 3 aromatic carbocycles. The van der Waals surface area contributed by atoms with Gasteiger partial charge in [-0.2, -0.15) is 0 Å². The summed E-state index contributed by atoms with van der Waals surface area (Å²) in [6.45, 7) is 0.442. The smallest absolute Gasteiger partial charge is 0.265 e. The van der Waals surface area contributed by atoms with Gasteiger partial charge in [0.05, 0.1) is 7.14 Å². The second kappa shape index (κ2) is 9.44. The Morgan fingerprint density at radius 2 is 1.53 bits per heavy atom. The Kier molecular flexibility index (Phi) is 6.82. The molecular formula is C24H18I2N2O3S. The standard InChI is InChI=1S/C24H18I2N2O3S/c1-27-22(29)18(23(30)28(2)24(27)32)10-14-11-19(25)21(20(26)12-14)31-13-16-8-5-7-15-6-3-4-9-17(15)16/h3-12H,13H2,1-2H3. The van der Waals surface area contributed by atoms with Crippen LogP contribution in [0, 0.1) is 7.14 Å². The normalized spacial score (nSPS) is 14.4. The first-order valence-corrected chi connectivity index (χ1v) is 12.2. The number of hydrogen-bond acceptors (Lipinski definition) is 4. The highest BCUT2D eigenvalue weighted by atomic mass is 127. The monoisotopic (exact) mass is 668 g/mol. The summed E-state index contributed by atoms with van der Waals surface area (Å²) in [4.78, 5) is 27.8. The van der Waals surface area contributed by atoms with E-state index in [4.69, 9.17) is 17.0 Å². The van der Waals surface area contributed by atoms with Gasteiger partial charge in [-0.1, -0.05) is 42.5 Å². The van der Waals surface area contributed by atoms with E-state index in [0.717, 1.165) is 24.0 Å². The lowest BCUT2D eigenvalue weighted by atomic mass is 10.1. The van der Waals surface area contributed by atoms with Crippen LogP contribution in [0.2, 0.25) is 0 Å². The molecule has 1 saturated heterocycles. The minimum absolute atomic E-state index is 0.0830. The van der Waals surface area contributed by atoms with E-state index in [1.165, 1.54) is 20.6 Å². The molecule has 4 rings (SSSR count). The van der Waals surface area contributed by atoms with Crippen molar-refractivity contribution in [3.63, 3.8) is 0 Å². The maximum absolute atomic E-state index is 12.6. The highest BCUT2D eigenvalue weighted by molar-refractivity contribution is 14.1. The van der Waals surface area contributed by atoms with E-state index in [0.29, 0.717) is 6.61 Å². The Morgan fingerprint density at radius 1 is 0.938 bits per heavy atom. The van der Waals surface area contributed by atoms with Crippen LogP contribution in [-0.2, 0) is 16.2 Å². The topological polar surface area (TPSA) is 49.9 Å². The lowest BCUT2D eigenvalue weighted by Gasteiger charge is -2.31. The van der Waals surface area contributed by atoms with Crippen molar-refractivity contribution in [3.05, 3.63) is 78.4 Å². The second-order valence-corrected chi connectivity index (χ2v) is 10.00. The molecule has 0 aromatic heterocycles. The lowest BCUT2D eigenvalue weighted by molar-refractivity contribution is -0.132. The van der Waals surface area contributed by atoms with Crippen molar-refractivity contribution in [2.24, 2.45) is 0 Å². The second-order valence-electron chi connectivity index (χ2n) is 7.31. The van der Waals surface area contributed by atoms with E-state index >= 15 is 0 Å². The number of fused-ring (bicyclic) bond motifs is 1. The molecule has 0 bridgehead atoms. The number of carbonyl (C=O) groups excluding carboxylic acids is 2. The first-order valence-electron chi connectivity index (χ1n) is 9.68. The maximum Gasteiger partial charge on any atom is 0.265 e. The van der Waals surface area contributed by atoms with Crippen molar-refractivity contribution in [2.75, 3.05) is 14.1 Å². The summed E-state index contributed by atoms with van der Waals surface area (Å²) in [5.74, 6) is -0.0307. The average Bonchev–Trinajstić information content (AvgIpc) is 2.79. The lowest BCUT2D eigenvalue weighted by Crippen LogP contribution is -2.52. The van der Waals surface area contributed by atoms with Crippen LogP contribution in [0.1, 0.15) is 11.1 Å². The number of ether oxygens (including phenoxy) is 1. The molecule has 0 spiro atoms. The van der Waals surface area contributed by atoms with Crippen LogP contribution in [-0.4, -0.2) is 40.8 Å². The summed E-state index contributed by atoms with van der Waals surface area (Å²) >= 11 is 9.58. The Balaban J connectivity index is 1.61. The van der Waals surface area contributed by atoms with Gasteiger partial charge in [-0.15, -0.1) is 0 Å². The van der Waals surface area contributed by atoms with E-state index in [1.807, 2.05) is 30.3 Å². The molecule has 0 unspecified atom stereocenters. The molecule has 3 aromatic rings. The molecule has 0 N–H and O–H groups in total. The molecule has 8 heteroatoms. The van der Waals surface area contributed by atoms with Gasteiger partial charge in [-0.05, 0) is 97.5 Å². The zero-order valence-corrected chi connectivity index (χ0v) is 22.4. The van der Waals surface area contributed by atoms with Crippen LogP contribution in [0.3, 0.4) is 0 Å². The third-order valence-electron chi connectivity index (χ3n) is 5.23. The predicted molar refractivity (Wildman–Crippen MR) is 146 cm³/mol. The van der Waals surface area contributed by atoms with E-state index < -0.39 is 11.8 Å². The zero-order chi connectivity index (χ0) is 23.0. The summed E-state index contributed by atoms with van der Waals surface area (Å²) in [7, 11) is 3.14. The number of halogens is 2. The van der Waals surface area contributed by atoms with Gasteiger partial charge in [0.2, 0.25) is 0 Å². The average molecular weight is 668 g/mol. The van der Waals surface area contributed by atoms with E-state index in [-0.39, 0.29) is 10.7 Å². The molecule has 1 heterocycles. The molecule has 2 amide bonds. The molecule has 1 aliphatic heterocycles. The van der Waals surface area contributed by atoms with Crippen LogP contribution in [0.4, 0.5) is 0 Å². The van der Waals surface area contributed by atoms with Gasteiger partial charge >= 0.3 is 0 Å². The first kappa shape index (κ1) is 23.1. The molecule has 0 aliphatic carbocycles. The maximum atomic E-state index is 12.6. The third-order valence-corrected chi connectivity index (χ3v) is 7.38. The van der Waals surface area contributed by atoms with Crippen molar-refractivity contribution in [1.82, 2.24) is 9.80 Å². The quantitative estimate of drug-likeness (QED) is 0.166. The van der Waals surface area contributed by atoms with Gasteiger partial charge in [0.15, 0.2) is 5.11 Å². The highest BCUT2D eigenvalue weighted by Crippen LogP contribution is 2.32. The van der Waals surface area contributed by atoms with Gasteiger partial charge in [0.25, 0.3) is 11.8 Å². The van der Waals surface area contributed by atoms with Crippen molar-refractivity contribution in [3.8, 4) is 5.75 Å². The van der Waals surface area contributed by atoms with Crippen molar-refractivity contribution < 1.29 is 14.3 Å². The number of likely N-dealkylation sites (N-methyl/N-ethyl adjacent to an activating group) is 2. The molecule has 32 heavy (non-hydrogen) atoms. The van der Waals surface area contributed by atoms with Gasteiger partial charge in [-0.25, -0.2) is 0 Å². The number of thiocarbonyl (C=S) groups is 1. The fourth-order valence-corrected chi connectivity index (χ4v) is 5.80. The van der Waals surface area contributed by atoms with Crippen molar-refractivity contribution in [2.45, 2.75) is 6.61 Å². The molecule has 5 nitrogen and oxygen atoms in total. The Morgan fingerprint density at radius 3 is 2.19 bits per heavy atom. The summed E-state index contributed by atoms with van der Waals surface area (Å²) < 4.78 is 7.99. The van der Waals surface area contributed by atoms with Crippen LogP contribution >= 0.6 is 57.4 Å². The van der Waals surface area contributed by atoms with Crippen LogP contribution in [0.5, 0.6) is 5.75 Å². The molecule has 0 radical (unpaired) electrons. The third kappa shape index (κ3) is 4.40. The van der Waals surface area contributed by atoms with E-state index in [1.54, 1.807) is 20.2 Å². The summed E-state index contributed by atoms with van der Waals surface area (Å²) in [6, 6.07) is 18.2. The number of carbonyl (C=O) groups is 2. The fourth-order valence-electron chi connectivity index (χ4n) is 3.51. The van der Waals surface area contributed by atoms with Crippen molar-refractivity contribution >= 4 is 91.2 Å². The van der Waals surface area contributed by atoms with E-state index in [2.05, 4.69) is 69.4 Å². The summed E-state index contributed by atoms with van der Waals surface area (Å²) in [5.41, 5.74) is 1.95. The van der Waals surface area contributed by atoms with Crippen LogP contribution < -0.4 is 4.74 Å². The number of hydrogen-bond donors (Lipinski definition) is 0. The van der Waals surface area contributed by atoms with Gasteiger partial charge in [-0.3, -0.25) is 19.4 Å². The summed E-state index contributed by atoms with van der Waals surface area (Å²) in [6.07, 6.45) is 1.61. The number of nitrogens with zero attached hydrogens (tertiary/aromatic N) is 2. The van der Waals surface area contributed by atoms with Gasteiger partial charge < -0.3 is 4.74 Å². The van der Waals surface area contributed by atoms with Crippen LogP contribution in [0.25, 0.3) is 16.8 Å². The minimum atomic E-state index is -0.403. The number of benzene rings is 3. The molecule has 0 saturated carbocycles. The van der Waals surface area contributed by atoms with Crippen LogP contribution in [0.15, 0.2) is 60.2 Å². The molecule has 162 valence electrons. The summed E-state index contributed by atoms with van der Waals surface area (Å²) in [5, 5.41) is 2.54. The Hall–Kier alpha value is -2.05. The predicted octanol–water partition coefficient (Wildman–Crippen LogP) is 5.23. The van der Waals surface area contributed by atoms with E-state index in [9.17, 15) is 9.59 Å². The number of amides is 2. The molecule has 0 atom stereocenters. The molecule has 1 aliphatic rings. The highest BCUT2D eigenvalue weighted by Gasteiger charge is 2.35. The molecular weight excluding hydrogens is 650 g/mol.